The molecule has 0 radical (unpaired) electrons. The van der Waals surface area contributed by atoms with Crippen molar-refractivity contribution in [3.8, 4) is 0 Å². The van der Waals surface area contributed by atoms with E-state index < -0.39 is 5.97 Å². The van der Waals surface area contributed by atoms with Gasteiger partial charge in [0.25, 0.3) is 0 Å². The number of urea groups is 1. The van der Waals surface area contributed by atoms with Crippen LogP contribution >= 0.6 is 0 Å². The Balaban J connectivity index is 1.86. The normalized spacial score (nSPS) is 17.4. The highest BCUT2D eigenvalue weighted by molar-refractivity contribution is 5.97. The predicted octanol–water partition coefficient (Wildman–Crippen LogP) is 1.62. The molecular weight excluding hydrogens is 232 g/mol. The van der Waals surface area contributed by atoms with Crippen LogP contribution in [0.5, 0.6) is 0 Å². The number of carboxylic acid groups (broad SMARTS) is 1. The molecule has 1 aliphatic heterocycles. The second-order valence-electron chi connectivity index (χ2n) is 4.77. The summed E-state index contributed by atoms with van der Waals surface area (Å²) in [5.41, 5.74) is 1.99. The van der Waals surface area contributed by atoms with Crippen molar-refractivity contribution < 1.29 is 14.7 Å². The van der Waals surface area contributed by atoms with Gasteiger partial charge in [-0.25, -0.2) is 9.59 Å². The lowest BCUT2D eigenvalue weighted by molar-refractivity contribution is 0.0697. The largest absolute Gasteiger partial charge is 0.478 e. The summed E-state index contributed by atoms with van der Waals surface area (Å²) in [5, 5.41) is 11.9. The molecule has 1 aromatic rings. The molecule has 18 heavy (non-hydrogen) atoms. The van der Waals surface area contributed by atoms with Crippen LogP contribution in [-0.4, -0.2) is 29.7 Å². The number of amides is 2. The van der Waals surface area contributed by atoms with Gasteiger partial charge in [-0.3, -0.25) is 4.90 Å². The summed E-state index contributed by atoms with van der Waals surface area (Å²) in [6.45, 7) is 0.622. The summed E-state index contributed by atoms with van der Waals surface area (Å²) >= 11 is 0. The fourth-order valence-corrected chi connectivity index (χ4v) is 2.20. The average molecular weight is 246 g/mol. The zero-order chi connectivity index (χ0) is 12.7. The number of nitrogens with one attached hydrogen (secondary N) is 1. The van der Waals surface area contributed by atoms with E-state index in [1.54, 1.807) is 23.1 Å². The minimum absolute atomic E-state index is 0.112. The molecule has 94 valence electrons. The predicted molar refractivity (Wildman–Crippen MR) is 66.0 cm³/mol. The highest BCUT2D eigenvalue weighted by atomic mass is 16.4. The summed E-state index contributed by atoms with van der Waals surface area (Å²) in [5.74, 6) is -0.966. The Morgan fingerprint density at radius 3 is 2.78 bits per heavy atom. The van der Waals surface area contributed by atoms with E-state index in [-0.39, 0.29) is 11.6 Å². The van der Waals surface area contributed by atoms with Gasteiger partial charge in [0, 0.05) is 18.3 Å². The van der Waals surface area contributed by atoms with Gasteiger partial charge in [-0.1, -0.05) is 6.07 Å². The van der Waals surface area contributed by atoms with Crippen molar-refractivity contribution in [3.63, 3.8) is 0 Å². The second kappa shape index (κ2) is 4.01. The minimum Gasteiger partial charge on any atom is -0.478 e. The van der Waals surface area contributed by atoms with Crippen LogP contribution in [0.4, 0.5) is 10.5 Å². The molecule has 0 unspecified atom stereocenters. The van der Waals surface area contributed by atoms with Crippen molar-refractivity contribution >= 4 is 17.7 Å². The molecule has 5 nitrogen and oxygen atoms in total. The molecule has 5 heteroatoms. The van der Waals surface area contributed by atoms with E-state index in [1.165, 1.54) is 0 Å². The Labute approximate surface area is 104 Å². The molecule has 1 heterocycles. The average Bonchev–Trinajstić information content (AvgIpc) is 3.05. The van der Waals surface area contributed by atoms with E-state index in [9.17, 15) is 9.59 Å². The van der Waals surface area contributed by atoms with Crippen LogP contribution in [0.3, 0.4) is 0 Å². The molecule has 0 atom stereocenters. The minimum atomic E-state index is -0.966. The number of hydrogen-bond donors (Lipinski definition) is 2. The van der Waals surface area contributed by atoms with Crippen molar-refractivity contribution in [2.75, 3.05) is 11.4 Å². The van der Waals surface area contributed by atoms with Crippen LogP contribution in [0.25, 0.3) is 0 Å². The monoisotopic (exact) mass is 246 g/mol. The molecule has 0 bridgehead atoms. The summed E-state index contributed by atoms with van der Waals surface area (Å²) < 4.78 is 0. The number of fused-ring (bicyclic) bond motifs is 1. The van der Waals surface area contributed by atoms with Gasteiger partial charge in [-0.05, 0) is 37.0 Å². The molecule has 1 aromatic carbocycles. The van der Waals surface area contributed by atoms with E-state index in [0.29, 0.717) is 12.6 Å². The van der Waals surface area contributed by atoms with E-state index >= 15 is 0 Å². The number of anilines is 1. The number of rotatable bonds is 2. The Kier molecular flexibility index (Phi) is 2.47. The molecule has 2 N–H and O–H groups in total. The number of aromatic carboxylic acids is 1. The van der Waals surface area contributed by atoms with Gasteiger partial charge in [0.05, 0.1) is 5.56 Å². The molecule has 1 saturated carbocycles. The highest BCUT2D eigenvalue weighted by Gasteiger charge is 2.30. The van der Waals surface area contributed by atoms with E-state index in [1.807, 2.05) is 0 Å². The van der Waals surface area contributed by atoms with Gasteiger partial charge in [0.15, 0.2) is 0 Å². The van der Waals surface area contributed by atoms with Crippen LogP contribution in [-0.2, 0) is 6.42 Å². The Morgan fingerprint density at radius 2 is 2.11 bits per heavy atom. The number of carbonyl (C=O) groups excluding carboxylic acids is 1. The second-order valence-corrected chi connectivity index (χ2v) is 4.77. The third-order valence-corrected chi connectivity index (χ3v) is 3.38. The van der Waals surface area contributed by atoms with Crippen molar-refractivity contribution in [1.29, 1.82) is 0 Å². The maximum atomic E-state index is 12.0. The van der Waals surface area contributed by atoms with Crippen LogP contribution in [0.2, 0.25) is 0 Å². The standard InChI is InChI=1S/C13H14N2O3/c16-12(17)9-2-1-8-5-6-15(11(8)7-9)13(18)14-10-3-4-10/h1-2,7,10H,3-6H2,(H,14,18)(H,16,17). The topological polar surface area (TPSA) is 69.6 Å². The number of hydrogen-bond acceptors (Lipinski definition) is 2. The van der Waals surface area contributed by atoms with Crippen LogP contribution in [0, 0.1) is 0 Å². The first kappa shape index (κ1) is 11.1. The van der Waals surface area contributed by atoms with Gasteiger partial charge in [0.1, 0.15) is 0 Å². The summed E-state index contributed by atoms with van der Waals surface area (Å²) in [7, 11) is 0. The lowest BCUT2D eigenvalue weighted by atomic mass is 10.1. The van der Waals surface area contributed by atoms with E-state index in [4.69, 9.17) is 5.11 Å². The van der Waals surface area contributed by atoms with Gasteiger partial charge in [-0.2, -0.15) is 0 Å². The SMILES string of the molecule is O=C(O)c1ccc2c(c1)N(C(=O)NC1CC1)CC2. The summed E-state index contributed by atoms with van der Waals surface area (Å²) in [6.07, 6.45) is 2.87. The molecule has 1 fully saturated rings. The maximum absolute atomic E-state index is 12.0. The third-order valence-electron chi connectivity index (χ3n) is 3.38. The first-order chi connectivity index (χ1) is 8.65. The fraction of sp³-hybridized carbons (Fsp3) is 0.385. The number of carbonyl (C=O) groups is 2. The Bertz CT molecular complexity index is 523. The van der Waals surface area contributed by atoms with Gasteiger partial charge < -0.3 is 10.4 Å². The number of benzene rings is 1. The summed E-state index contributed by atoms with van der Waals surface area (Å²) in [4.78, 5) is 24.6. The van der Waals surface area contributed by atoms with Crippen molar-refractivity contribution in [1.82, 2.24) is 5.32 Å². The quantitative estimate of drug-likeness (QED) is 0.833. The lowest BCUT2D eigenvalue weighted by Crippen LogP contribution is -2.40. The summed E-state index contributed by atoms with van der Waals surface area (Å²) in [6, 6.07) is 5.16. The van der Waals surface area contributed by atoms with Crippen molar-refractivity contribution in [2.45, 2.75) is 25.3 Å². The highest BCUT2D eigenvalue weighted by Crippen LogP contribution is 2.30. The molecule has 0 aromatic heterocycles. The fourth-order valence-electron chi connectivity index (χ4n) is 2.20. The first-order valence-corrected chi connectivity index (χ1v) is 6.09. The van der Waals surface area contributed by atoms with Gasteiger partial charge >= 0.3 is 12.0 Å². The third kappa shape index (κ3) is 1.92. The Hall–Kier alpha value is -2.04. The molecule has 0 spiro atoms. The van der Waals surface area contributed by atoms with Crippen LogP contribution in [0.1, 0.15) is 28.8 Å². The van der Waals surface area contributed by atoms with Gasteiger partial charge in [0.2, 0.25) is 0 Å². The lowest BCUT2D eigenvalue weighted by Gasteiger charge is -2.18. The molecule has 2 amide bonds. The molecular formula is C13H14N2O3. The number of carboxylic acids is 1. The van der Waals surface area contributed by atoms with Crippen molar-refractivity contribution in [2.24, 2.45) is 0 Å². The zero-order valence-electron chi connectivity index (χ0n) is 9.85. The van der Waals surface area contributed by atoms with Crippen LogP contribution < -0.4 is 10.2 Å². The molecule has 2 aliphatic rings. The Morgan fingerprint density at radius 1 is 1.33 bits per heavy atom. The van der Waals surface area contributed by atoms with Gasteiger partial charge in [-0.15, -0.1) is 0 Å². The number of nitrogens with zero attached hydrogens (tertiary/aromatic N) is 1. The van der Waals surface area contributed by atoms with E-state index in [0.717, 1.165) is 30.5 Å². The smallest absolute Gasteiger partial charge is 0.335 e. The van der Waals surface area contributed by atoms with E-state index in [2.05, 4.69) is 5.32 Å². The first-order valence-electron chi connectivity index (χ1n) is 6.09. The van der Waals surface area contributed by atoms with Crippen LogP contribution in [0.15, 0.2) is 18.2 Å². The molecule has 1 aliphatic carbocycles. The molecule has 3 rings (SSSR count). The maximum Gasteiger partial charge on any atom is 0.335 e. The molecule has 0 saturated heterocycles. The zero-order valence-corrected chi connectivity index (χ0v) is 9.85. The van der Waals surface area contributed by atoms with Crippen molar-refractivity contribution in [3.05, 3.63) is 29.3 Å².